The molecule has 0 spiro atoms. The van der Waals surface area contributed by atoms with Gasteiger partial charge in [0.25, 0.3) is 0 Å². The van der Waals surface area contributed by atoms with Crippen LogP contribution in [-0.4, -0.2) is 40.5 Å². The molecule has 1 rings (SSSR count). The van der Waals surface area contributed by atoms with Crippen LogP contribution in [0.4, 0.5) is 11.9 Å². The molecule has 0 aliphatic heterocycles. The number of hydrogen-bond donors (Lipinski definition) is 3. The molecule has 0 aromatic carbocycles. The molecule has 0 aliphatic rings. The van der Waals surface area contributed by atoms with Gasteiger partial charge in [-0.15, -0.1) is 0 Å². The van der Waals surface area contributed by atoms with E-state index in [1.807, 2.05) is 6.92 Å². The van der Waals surface area contributed by atoms with Crippen LogP contribution in [-0.2, 0) is 4.79 Å². The number of halogens is 1. The predicted octanol–water partition coefficient (Wildman–Crippen LogP) is 0.505. The molecule has 8 heteroatoms. The van der Waals surface area contributed by atoms with Gasteiger partial charge < -0.3 is 16.0 Å². The fourth-order valence-corrected chi connectivity index (χ4v) is 1.24. The highest BCUT2D eigenvalue weighted by Gasteiger charge is 2.03. The van der Waals surface area contributed by atoms with Crippen molar-refractivity contribution in [3.05, 3.63) is 5.28 Å². The minimum Gasteiger partial charge on any atom is -0.355 e. The molecule has 0 unspecified atom stereocenters. The van der Waals surface area contributed by atoms with Crippen LogP contribution in [0.1, 0.15) is 13.8 Å². The summed E-state index contributed by atoms with van der Waals surface area (Å²) in [6.07, 6.45) is 0. The molecular formula is C9H15ClN6O. The van der Waals surface area contributed by atoms with E-state index in [2.05, 4.69) is 30.9 Å². The fraction of sp³-hybridized carbons (Fsp3) is 0.556. The molecule has 0 atom stereocenters. The van der Waals surface area contributed by atoms with Gasteiger partial charge in [0.05, 0.1) is 0 Å². The molecule has 1 amide bonds. The van der Waals surface area contributed by atoms with Gasteiger partial charge in [0.15, 0.2) is 0 Å². The van der Waals surface area contributed by atoms with Crippen molar-refractivity contribution in [2.24, 2.45) is 0 Å². The van der Waals surface area contributed by atoms with Gasteiger partial charge in [-0.2, -0.15) is 15.0 Å². The Balaban J connectivity index is 2.49. The molecule has 0 saturated heterocycles. The Morgan fingerprint density at radius 2 is 1.82 bits per heavy atom. The Hall–Kier alpha value is -1.63. The summed E-state index contributed by atoms with van der Waals surface area (Å²) in [4.78, 5) is 22.6. The van der Waals surface area contributed by atoms with Gasteiger partial charge in [-0.05, 0) is 18.5 Å². The third-order valence-corrected chi connectivity index (χ3v) is 1.89. The van der Waals surface area contributed by atoms with E-state index in [4.69, 9.17) is 11.6 Å². The van der Waals surface area contributed by atoms with E-state index in [0.717, 1.165) is 0 Å². The minimum absolute atomic E-state index is 0.0752. The van der Waals surface area contributed by atoms with E-state index in [1.54, 1.807) is 0 Å². The molecule has 0 saturated carbocycles. The third kappa shape index (κ3) is 5.30. The number of amides is 1. The van der Waals surface area contributed by atoms with E-state index in [9.17, 15) is 4.79 Å². The highest BCUT2D eigenvalue weighted by molar-refractivity contribution is 6.28. The maximum atomic E-state index is 10.6. The average Bonchev–Trinajstić information content (AvgIpc) is 2.24. The first-order valence-corrected chi connectivity index (χ1v) is 5.63. The maximum absolute atomic E-state index is 10.6. The number of hydrogen-bond acceptors (Lipinski definition) is 6. The summed E-state index contributed by atoms with van der Waals surface area (Å²) in [6, 6.07) is 0. The quantitative estimate of drug-likeness (QED) is 0.644. The van der Waals surface area contributed by atoms with Gasteiger partial charge in [0, 0.05) is 26.6 Å². The first-order valence-electron chi connectivity index (χ1n) is 5.25. The second kappa shape index (κ2) is 6.85. The van der Waals surface area contributed by atoms with Crippen molar-refractivity contribution >= 4 is 29.4 Å². The Kier molecular flexibility index (Phi) is 5.41. The van der Waals surface area contributed by atoms with Crippen LogP contribution < -0.4 is 16.0 Å². The molecule has 0 bridgehead atoms. The molecule has 1 heterocycles. The zero-order valence-electron chi connectivity index (χ0n) is 9.75. The van der Waals surface area contributed by atoms with Gasteiger partial charge in [-0.3, -0.25) is 4.79 Å². The van der Waals surface area contributed by atoms with Crippen molar-refractivity contribution < 1.29 is 4.79 Å². The number of nitrogens with one attached hydrogen (secondary N) is 3. The molecule has 0 radical (unpaired) electrons. The number of carbonyl (C=O) groups is 1. The van der Waals surface area contributed by atoms with Crippen LogP contribution in [0.2, 0.25) is 5.28 Å². The second-order valence-electron chi connectivity index (χ2n) is 3.19. The van der Waals surface area contributed by atoms with Crippen LogP contribution >= 0.6 is 11.6 Å². The van der Waals surface area contributed by atoms with E-state index in [-0.39, 0.29) is 11.2 Å². The lowest BCUT2D eigenvalue weighted by Crippen LogP contribution is -2.26. The van der Waals surface area contributed by atoms with Gasteiger partial charge >= 0.3 is 0 Å². The summed E-state index contributed by atoms with van der Waals surface area (Å²) in [5, 5.41) is 8.65. The molecule has 0 aliphatic carbocycles. The largest absolute Gasteiger partial charge is 0.355 e. The highest BCUT2D eigenvalue weighted by atomic mass is 35.5. The summed E-state index contributed by atoms with van der Waals surface area (Å²) in [5.41, 5.74) is 0. The van der Waals surface area contributed by atoms with Crippen molar-refractivity contribution in [3.63, 3.8) is 0 Å². The highest BCUT2D eigenvalue weighted by Crippen LogP contribution is 2.08. The molecular weight excluding hydrogens is 244 g/mol. The van der Waals surface area contributed by atoms with E-state index in [0.29, 0.717) is 31.5 Å². The van der Waals surface area contributed by atoms with Crippen LogP contribution in [0.3, 0.4) is 0 Å². The van der Waals surface area contributed by atoms with Crippen LogP contribution in [0.5, 0.6) is 0 Å². The number of nitrogens with zero attached hydrogens (tertiary/aromatic N) is 3. The normalized spacial score (nSPS) is 9.82. The summed E-state index contributed by atoms with van der Waals surface area (Å²) in [5.74, 6) is 0.731. The molecule has 1 aromatic heterocycles. The SMILES string of the molecule is CCNc1nc(Cl)nc(NCCNC(C)=O)n1. The van der Waals surface area contributed by atoms with Crippen molar-refractivity contribution in [1.29, 1.82) is 0 Å². The van der Waals surface area contributed by atoms with E-state index < -0.39 is 0 Å². The monoisotopic (exact) mass is 258 g/mol. The maximum Gasteiger partial charge on any atom is 0.228 e. The summed E-state index contributed by atoms with van der Waals surface area (Å²) < 4.78 is 0. The first kappa shape index (κ1) is 13.4. The number of anilines is 2. The summed E-state index contributed by atoms with van der Waals surface area (Å²) in [7, 11) is 0. The van der Waals surface area contributed by atoms with Gasteiger partial charge in [0.1, 0.15) is 0 Å². The number of rotatable bonds is 6. The molecule has 3 N–H and O–H groups in total. The Bertz CT molecular complexity index is 386. The third-order valence-electron chi connectivity index (χ3n) is 1.73. The van der Waals surface area contributed by atoms with Gasteiger partial charge in [0.2, 0.25) is 23.1 Å². The zero-order chi connectivity index (χ0) is 12.7. The lowest BCUT2D eigenvalue weighted by molar-refractivity contribution is -0.118. The van der Waals surface area contributed by atoms with Crippen LogP contribution in [0, 0.1) is 0 Å². The first-order chi connectivity index (χ1) is 8.11. The molecule has 94 valence electrons. The smallest absolute Gasteiger partial charge is 0.228 e. The lowest BCUT2D eigenvalue weighted by Gasteiger charge is -2.07. The molecule has 1 aromatic rings. The standard InChI is InChI=1S/C9H15ClN6O/c1-3-11-8-14-7(10)15-9(16-8)13-5-4-12-6(2)17/h3-5H2,1-2H3,(H,12,17)(H2,11,13,14,15,16). The number of carbonyl (C=O) groups excluding carboxylic acids is 1. The Labute approximate surface area is 104 Å². The van der Waals surface area contributed by atoms with Crippen molar-refractivity contribution in [2.75, 3.05) is 30.3 Å². The van der Waals surface area contributed by atoms with Crippen molar-refractivity contribution in [3.8, 4) is 0 Å². The van der Waals surface area contributed by atoms with Crippen molar-refractivity contribution in [2.45, 2.75) is 13.8 Å². The van der Waals surface area contributed by atoms with Crippen LogP contribution in [0.25, 0.3) is 0 Å². The molecule has 17 heavy (non-hydrogen) atoms. The van der Waals surface area contributed by atoms with Crippen LogP contribution in [0.15, 0.2) is 0 Å². The Morgan fingerprint density at radius 1 is 1.18 bits per heavy atom. The van der Waals surface area contributed by atoms with E-state index >= 15 is 0 Å². The average molecular weight is 259 g/mol. The Morgan fingerprint density at radius 3 is 2.41 bits per heavy atom. The molecule has 0 fully saturated rings. The topological polar surface area (TPSA) is 91.8 Å². The predicted molar refractivity (Wildman–Crippen MR) is 66.2 cm³/mol. The van der Waals surface area contributed by atoms with Gasteiger partial charge in [-0.1, -0.05) is 0 Å². The van der Waals surface area contributed by atoms with E-state index in [1.165, 1.54) is 6.92 Å². The zero-order valence-corrected chi connectivity index (χ0v) is 10.5. The van der Waals surface area contributed by atoms with Gasteiger partial charge in [-0.25, -0.2) is 0 Å². The second-order valence-corrected chi connectivity index (χ2v) is 3.53. The lowest BCUT2D eigenvalue weighted by atomic mass is 10.6. The van der Waals surface area contributed by atoms with Crippen molar-refractivity contribution in [1.82, 2.24) is 20.3 Å². The summed E-state index contributed by atoms with van der Waals surface area (Å²) >= 11 is 5.74. The number of aromatic nitrogens is 3. The summed E-state index contributed by atoms with van der Waals surface area (Å²) in [6.45, 7) is 5.11. The minimum atomic E-state index is -0.0752. The fourth-order valence-electron chi connectivity index (χ4n) is 1.08. The molecule has 7 nitrogen and oxygen atoms in total.